The first-order chi connectivity index (χ1) is 19.2. The second-order valence-electron chi connectivity index (χ2n) is 10.0. The van der Waals surface area contributed by atoms with Crippen molar-refractivity contribution >= 4 is 23.1 Å². The largest absolute Gasteiger partial charge is 0.507 e. The number of ether oxygens (including phenoxy) is 2. The van der Waals surface area contributed by atoms with Gasteiger partial charge in [-0.25, -0.2) is 0 Å². The Balaban J connectivity index is 1.55. The smallest absolute Gasteiger partial charge is 0.300 e. The molecule has 1 aromatic heterocycles. The zero-order chi connectivity index (χ0) is 28.4. The zero-order valence-corrected chi connectivity index (χ0v) is 22.8. The summed E-state index contributed by atoms with van der Waals surface area (Å²) in [5, 5.41) is 11.4. The van der Waals surface area contributed by atoms with Gasteiger partial charge >= 0.3 is 0 Å². The van der Waals surface area contributed by atoms with Gasteiger partial charge in [0.05, 0.1) is 17.7 Å². The normalized spacial score (nSPS) is 16.4. The molecule has 7 nitrogen and oxygen atoms in total. The van der Waals surface area contributed by atoms with Crippen molar-refractivity contribution in [3.8, 4) is 17.2 Å². The second kappa shape index (κ2) is 11.1. The molecule has 0 aliphatic carbocycles. The molecule has 40 heavy (non-hydrogen) atoms. The number of aryl methyl sites for hydroxylation is 2. The van der Waals surface area contributed by atoms with Crippen molar-refractivity contribution in [2.45, 2.75) is 39.8 Å². The summed E-state index contributed by atoms with van der Waals surface area (Å²) in [5.41, 5.74) is 3.38. The summed E-state index contributed by atoms with van der Waals surface area (Å²) < 4.78 is 11.8. The van der Waals surface area contributed by atoms with Crippen LogP contribution in [0.5, 0.6) is 17.2 Å². The monoisotopic (exact) mass is 534 g/mol. The number of rotatable bonds is 7. The molecule has 1 amide bonds. The molecule has 7 heteroatoms. The van der Waals surface area contributed by atoms with E-state index in [4.69, 9.17) is 9.47 Å². The average Bonchev–Trinajstić information content (AvgIpc) is 3.20. The Kier molecular flexibility index (Phi) is 7.38. The molecule has 5 rings (SSSR count). The maximum atomic E-state index is 13.5. The lowest BCUT2D eigenvalue weighted by atomic mass is 9.95. The molecule has 1 unspecified atom stereocenters. The first-order valence-corrected chi connectivity index (χ1v) is 13.1. The third-order valence-corrected chi connectivity index (χ3v) is 6.60. The Bertz CT molecular complexity index is 1590. The topological polar surface area (TPSA) is 89.0 Å². The fourth-order valence-electron chi connectivity index (χ4n) is 4.78. The molecule has 3 aromatic carbocycles. The molecule has 0 bridgehead atoms. The van der Waals surface area contributed by atoms with Crippen LogP contribution in [0, 0.1) is 13.8 Å². The lowest BCUT2D eigenvalue weighted by Crippen LogP contribution is -2.29. The van der Waals surface area contributed by atoms with E-state index >= 15 is 0 Å². The number of hydrogen-bond acceptors (Lipinski definition) is 6. The Morgan fingerprint density at radius 1 is 0.925 bits per heavy atom. The van der Waals surface area contributed by atoms with E-state index in [1.165, 1.54) is 4.90 Å². The summed E-state index contributed by atoms with van der Waals surface area (Å²) in [4.78, 5) is 32.5. The molecular weight excluding hydrogens is 504 g/mol. The molecule has 4 aromatic rings. The first kappa shape index (κ1) is 26.7. The number of aliphatic hydroxyl groups excluding tert-OH is 1. The fourth-order valence-corrected chi connectivity index (χ4v) is 4.78. The van der Waals surface area contributed by atoms with Crippen molar-refractivity contribution in [1.82, 2.24) is 4.98 Å². The Labute approximate surface area is 233 Å². The molecular formula is C33H30N2O5. The van der Waals surface area contributed by atoms with Gasteiger partial charge in [0.25, 0.3) is 11.7 Å². The van der Waals surface area contributed by atoms with E-state index in [0.717, 1.165) is 11.1 Å². The average molecular weight is 535 g/mol. The van der Waals surface area contributed by atoms with Crippen LogP contribution in [0.2, 0.25) is 0 Å². The third-order valence-electron chi connectivity index (χ3n) is 6.60. The number of carbonyl (C=O) groups is 2. The van der Waals surface area contributed by atoms with Crippen LogP contribution >= 0.6 is 0 Å². The molecule has 1 aliphatic heterocycles. The van der Waals surface area contributed by atoms with Gasteiger partial charge < -0.3 is 14.6 Å². The van der Waals surface area contributed by atoms with Gasteiger partial charge in [-0.05, 0) is 105 Å². The van der Waals surface area contributed by atoms with E-state index in [0.29, 0.717) is 34.1 Å². The molecule has 1 fully saturated rings. The van der Waals surface area contributed by atoms with Gasteiger partial charge in [0.2, 0.25) is 0 Å². The van der Waals surface area contributed by atoms with Gasteiger partial charge in [-0.15, -0.1) is 0 Å². The third kappa shape index (κ3) is 5.31. The van der Waals surface area contributed by atoms with Gasteiger partial charge in [-0.1, -0.05) is 18.2 Å². The minimum Gasteiger partial charge on any atom is -0.507 e. The highest BCUT2D eigenvalue weighted by Gasteiger charge is 2.47. The maximum absolute atomic E-state index is 13.5. The summed E-state index contributed by atoms with van der Waals surface area (Å²) >= 11 is 0. The zero-order valence-electron chi connectivity index (χ0n) is 22.8. The Hall–Kier alpha value is -4.91. The van der Waals surface area contributed by atoms with E-state index in [9.17, 15) is 14.7 Å². The number of aliphatic hydroxyl groups is 1. The van der Waals surface area contributed by atoms with Crippen LogP contribution in [0.3, 0.4) is 0 Å². The van der Waals surface area contributed by atoms with Gasteiger partial charge in [-0.2, -0.15) is 0 Å². The number of pyridine rings is 1. The number of anilines is 1. The van der Waals surface area contributed by atoms with Crippen molar-refractivity contribution < 1.29 is 24.2 Å². The molecule has 1 atom stereocenters. The number of amides is 1. The van der Waals surface area contributed by atoms with Gasteiger partial charge in [-0.3, -0.25) is 19.5 Å². The number of hydrogen-bond donors (Lipinski definition) is 1. The van der Waals surface area contributed by atoms with Crippen LogP contribution < -0.4 is 14.4 Å². The molecule has 1 N–H and O–H groups in total. The lowest BCUT2D eigenvalue weighted by molar-refractivity contribution is -0.132. The molecule has 0 saturated carbocycles. The van der Waals surface area contributed by atoms with Crippen LogP contribution in [0.4, 0.5) is 5.69 Å². The predicted octanol–water partition coefficient (Wildman–Crippen LogP) is 6.90. The number of ketones is 1. The van der Waals surface area contributed by atoms with Crippen LogP contribution in [-0.4, -0.2) is 27.9 Å². The number of nitrogens with zero attached hydrogens (tertiary/aromatic N) is 2. The second-order valence-corrected chi connectivity index (χ2v) is 10.0. The van der Waals surface area contributed by atoms with Crippen molar-refractivity contribution in [2.24, 2.45) is 0 Å². The summed E-state index contributed by atoms with van der Waals surface area (Å²) in [6.45, 7) is 7.72. The SMILES string of the molecule is Cc1cccc(Oc2ccc(N3C(=O)C(=O)/C(=C(\O)c4ccc(OC(C)C)c(C)c4)C3c3cccnc3)cc2)c1. The number of carbonyl (C=O) groups excluding carboxylic acids is 2. The van der Waals surface area contributed by atoms with Gasteiger partial charge in [0.1, 0.15) is 23.0 Å². The highest BCUT2D eigenvalue weighted by Crippen LogP contribution is 2.42. The molecule has 1 aliphatic rings. The summed E-state index contributed by atoms with van der Waals surface area (Å²) in [6, 6.07) is 22.5. The highest BCUT2D eigenvalue weighted by atomic mass is 16.5. The minimum atomic E-state index is -0.871. The maximum Gasteiger partial charge on any atom is 0.300 e. The molecule has 0 spiro atoms. The van der Waals surface area contributed by atoms with E-state index < -0.39 is 17.7 Å². The summed E-state index contributed by atoms with van der Waals surface area (Å²) in [6.07, 6.45) is 3.20. The lowest BCUT2D eigenvalue weighted by Gasteiger charge is -2.25. The van der Waals surface area contributed by atoms with E-state index in [-0.39, 0.29) is 17.4 Å². The van der Waals surface area contributed by atoms with E-state index in [2.05, 4.69) is 4.98 Å². The van der Waals surface area contributed by atoms with Crippen LogP contribution in [0.15, 0.2) is 96.8 Å². The van der Waals surface area contributed by atoms with Crippen molar-refractivity contribution in [2.75, 3.05) is 4.90 Å². The number of benzene rings is 3. The predicted molar refractivity (Wildman–Crippen MR) is 154 cm³/mol. The summed E-state index contributed by atoms with van der Waals surface area (Å²) in [5.74, 6) is 0.203. The van der Waals surface area contributed by atoms with Gasteiger partial charge in [0.15, 0.2) is 0 Å². The van der Waals surface area contributed by atoms with E-state index in [1.807, 2.05) is 52.0 Å². The summed E-state index contributed by atoms with van der Waals surface area (Å²) in [7, 11) is 0. The standard InChI is InChI=1S/C33H30N2O5/c1-20(2)39-28-15-10-23(18-22(28)4)31(36)29-30(24-8-6-16-34-19-24)35(33(38)32(29)37)25-11-13-26(14-12-25)40-27-9-5-7-21(3)17-27/h5-20,30,36H,1-4H3/b31-29-. The molecule has 202 valence electrons. The van der Waals surface area contributed by atoms with Crippen LogP contribution in [0.25, 0.3) is 5.76 Å². The quantitative estimate of drug-likeness (QED) is 0.158. The number of aromatic nitrogens is 1. The van der Waals surface area contributed by atoms with Crippen LogP contribution in [-0.2, 0) is 9.59 Å². The Morgan fingerprint density at radius 3 is 2.35 bits per heavy atom. The van der Waals surface area contributed by atoms with Crippen molar-refractivity contribution in [1.29, 1.82) is 0 Å². The molecule has 2 heterocycles. The fraction of sp³-hybridized carbons (Fsp3) is 0.182. The highest BCUT2D eigenvalue weighted by molar-refractivity contribution is 6.51. The minimum absolute atomic E-state index is 0.00462. The number of Topliss-reactive ketones (excluding diaryl/α,β-unsaturated/α-hetero) is 1. The molecule has 1 saturated heterocycles. The molecule has 0 radical (unpaired) electrons. The van der Waals surface area contributed by atoms with Crippen molar-refractivity contribution in [3.63, 3.8) is 0 Å². The van der Waals surface area contributed by atoms with E-state index in [1.54, 1.807) is 67.0 Å². The van der Waals surface area contributed by atoms with Gasteiger partial charge in [0, 0.05) is 23.6 Å². The first-order valence-electron chi connectivity index (χ1n) is 13.1. The van der Waals surface area contributed by atoms with Crippen molar-refractivity contribution in [3.05, 3.63) is 119 Å². The van der Waals surface area contributed by atoms with Crippen LogP contribution in [0.1, 0.15) is 42.1 Å². The Morgan fingerprint density at radius 2 is 1.70 bits per heavy atom.